The Morgan fingerprint density at radius 1 is 1.19 bits per heavy atom. The molecule has 21 heavy (non-hydrogen) atoms. The third-order valence-corrected chi connectivity index (χ3v) is 3.06. The molecule has 0 saturated heterocycles. The number of nitrogens with one attached hydrogen (secondary N) is 2. The Bertz CT molecular complexity index is 765. The standard InChI is InChI=1S/C16H14N4O/c1-11-4-2-6-13(8-11)18-16(21)15-9-14(19-20-15)12-5-3-7-17-10-12/h2-10H,1H3,(H,18,21)(H,19,20). The molecule has 3 rings (SSSR count). The van der Waals surface area contributed by atoms with Gasteiger partial charge in [-0.3, -0.25) is 14.9 Å². The van der Waals surface area contributed by atoms with Crippen LogP contribution in [0.5, 0.6) is 0 Å². The van der Waals surface area contributed by atoms with Gasteiger partial charge in [-0.1, -0.05) is 12.1 Å². The fraction of sp³-hybridized carbons (Fsp3) is 0.0625. The first-order valence-electron chi connectivity index (χ1n) is 6.56. The lowest BCUT2D eigenvalue weighted by Crippen LogP contribution is -2.12. The first kappa shape index (κ1) is 13.1. The van der Waals surface area contributed by atoms with E-state index in [1.165, 1.54) is 0 Å². The Kier molecular flexibility index (Phi) is 3.47. The van der Waals surface area contributed by atoms with Crippen LogP contribution in [0, 0.1) is 6.92 Å². The highest BCUT2D eigenvalue weighted by Crippen LogP contribution is 2.17. The van der Waals surface area contributed by atoms with E-state index < -0.39 is 0 Å². The third kappa shape index (κ3) is 2.97. The molecule has 5 heteroatoms. The van der Waals surface area contributed by atoms with Gasteiger partial charge in [0.1, 0.15) is 5.69 Å². The van der Waals surface area contributed by atoms with Crippen molar-refractivity contribution in [1.29, 1.82) is 0 Å². The summed E-state index contributed by atoms with van der Waals surface area (Å²) in [6, 6.07) is 13.1. The van der Waals surface area contributed by atoms with E-state index in [2.05, 4.69) is 20.5 Å². The zero-order valence-corrected chi connectivity index (χ0v) is 11.5. The van der Waals surface area contributed by atoms with Crippen molar-refractivity contribution in [3.63, 3.8) is 0 Å². The van der Waals surface area contributed by atoms with Gasteiger partial charge < -0.3 is 5.32 Å². The molecule has 0 atom stereocenters. The molecular weight excluding hydrogens is 264 g/mol. The van der Waals surface area contributed by atoms with Gasteiger partial charge in [0.15, 0.2) is 0 Å². The van der Waals surface area contributed by atoms with Crippen LogP contribution in [0.25, 0.3) is 11.3 Å². The molecule has 1 amide bonds. The van der Waals surface area contributed by atoms with Crippen molar-refractivity contribution in [1.82, 2.24) is 15.2 Å². The maximum Gasteiger partial charge on any atom is 0.273 e. The number of nitrogens with zero attached hydrogens (tertiary/aromatic N) is 2. The summed E-state index contributed by atoms with van der Waals surface area (Å²) in [6.07, 6.45) is 3.40. The SMILES string of the molecule is Cc1cccc(NC(=O)c2cc(-c3cccnc3)n[nH]2)c1. The Morgan fingerprint density at radius 2 is 2.10 bits per heavy atom. The topological polar surface area (TPSA) is 70.7 Å². The van der Waals surface area contributed by atoms with Gasteiger partial charge in [0.05, 0.1) is 5.69 Å². The van der Waals surface area contributed by atoms with Gasteiger partial charge in [0.25, 0.3) is 5.91 Å². The van der Waals surface area contributed by atoms with Gasteiger partial charge in [-0.2, -0.15) is 5.10 Å². The minimum absolute atomic E-state index is 0.219. The number of aromatic amines is 1. The number of benzene rings is 1. The number of rotatable bonds is 3. The molecule has 0 aliphatic rings. The van der Waals surface area contributed by atoms with E-state index >= 15 is 0 Å². The monoisotopic (exact) mass is 278 g/mol. The average molecular weight is 278 g/mol. The predicted octanol–water partition coefficient (Wildman–Crippen LogP) is 3.03. The summed E-state index contributed by atoms with van der Waals surface area (Å²) in [5, 5.41) is 9.73. The Balaban J connectivity index is 1.78. The molecule has 0 fully saturated rings. The molecule has 2 aromatic heterocycles. The van der Waals surface area contributed by atoms with Crippen LogP contribution in [-0.4, -0.2) is 21.1 Å². The van der Waals surface area contributed by atoms with Crippen LogP contribution >= 0.6 is 0 Å². The maximum atomic E-state index is 12.2. The van der Waals surface area contributed by atoms with Gasteiger partial charge in [-0.25, -0.2) is 0 Å². The highest BCUT2D eigenvalue weighted by Gasteiger charge is 2.11. The van der Waals surface area contributed by atoms with Crippen molar-refractivity contribution >= 4 is 11.6 Å². The number of hydrogen-bond donors (Lipinski definition) is 2. The van der Waals surface area contributed by atoms with Crippen LogP contribution in [-0.2, 0) is 0 Å². The zero-order valence-electron chi connectivity index (χ0n) is 11.5. The second-order valence-electron chi connectivity index (χ2n) is 4.73. The van der Waals surface area contributed by atoms with Gasteiger partial charge in [0.2, 0.25) is 0 Å². The van der Waals surface area contributed by atoms with Crippen LogP contribution in [0.3, 0.4) is 0 Å². The summed E-state index contributed by atoms with van der Waals surface area (Å²) < 4.78 is 0. The fourth-order valence-corrected chi connectivity index (χ4v) is 2.02. The number of anilines is 1. The van der Waals surface area contributed by atoms with Crippen molar-refractivity contribution in [2.75, 3.05) is 5.32 Å². The average Bonchev–Trinajstić information content (AvgIpc) is 2.98. The molecule has 2 N–H and O–H groups in total. The predicted molar refractivity (Wildman–Crippen MR) is 81.0 cm³/mol. The van der Waals surface area contributed by atoms with Crippen LogP contribution < -0.4 is 5.32 Å². The lowest BCUT2D eigenvalue weighted by Gasteiger charge is -2.03. The van der Waals surface area contributed by atoms with Crippen molar-refractivity contribution in [2.45, 2.75) is 6.92 Å². The van der Waals surface area contributed by atoms with E-state index in [4.69, 9.17) is 0 Å². The highest BCUT2D eigenvalue weighted by molar-refractivity contribution is 6.03. The fourth-order valence-electron chi connectivity index (χ4n) is 2.02. The van der Waals surface area contributed by atoms with E-state index in [9.17, 15) is 4.79 Å². The first-order chi connectivity index (χ1) is 10.2. The number of hydrogen-bond acceptors (Lipinski definition) is 3. The van der Waals surface area contributed by atoms with Crippen LogP contribution in [0.1, 0.15) is 16.1 Å². The Hall–Kier alpha value is -2.95. The number of H-pyrrole nitrogens is 1. The summed E-state index contributed by atoms with van der Waals surface area (Å²) in [5.74, 6) is -0.219. The van der Waals surface area contributed by atoms with Crippen LogP contribution in [0.4, 0.5) is 5.69 Å². The first-order valence-corrected chi connectivity index (χ1v) is 6.56. The second kappa shape index (κ2) is 5.58. The minimum atomic E-state index is -0.219. The molecule has 0 aliphatic heterocycles. The molecule has 0 radical (unpaired) electrons. The molecule has 0 bridgehead atoms. The number of aromatic nitrogens is 3. The normalized spacial score (nSPS) is 10.3. The largest absolute Gasteiger partial charge is 0.321 e. The van der Waals surface area contributed by atoms with E-state index in [0.29, 0.717) is 11.4 Å². The Labute approximate surface area is 122 Å². The summed E-state index contributed by atoms with van der Waals surface area (Å²) in [6.45, 7) is 1.98. The molecule has 0 unspecified atom stereocenters. The molecule has 2 heterocycles. The number of aryl methyl sites for hydroxylation is 1. The lowest BCUT2D eigenvalue weighted by molar-refractivity contribution is 0.102. The van der Waals surface area contributed by atoms with Gasteiger partial charge in [-0.15, -0.1) is 0 Å². The summed E-state index contributed by atoms with van der Waals surface area (Å²) >= 11 is 0. The Morgan fingerprint density at radius 3 is 2.86 bits per heavy atom. The maximum absolute atomic E-state index is 12.2. The van der Waals surface area contributed by atoms with E-state index in [-0.39, 0.29) is 5.91 Å². The smallest absolute Gasteiger partial charge is 0.273 e. The molecule has 0 spiro atoms. The number of amides is 1. The molecule has 5 nitrogen and oxygen atoms in total. The number of pyridine rings is 1. The van der Waals surface area contributed by atoms with E-state index in [0.717, 1.165) is 16.8 Å². The zero-order chi connectivity index (χ0) is 14.7. The van der Waals surface area contributed by atoms with Crippen molar-refractivity contribution in [3.05, 3.63) is 66.1 Å². The highest BCUT2D eigenvalue weighted by atomic mass is 16.1. The number of carbonyl (C=O) groups excluding carboxylic acids is 1. The number of carbonyl (C=O) groups is 1. The molecule has 0 saturated carbocycles. The van der Waals surface area contributed by atoms with Gasteiger partial charge in [-0.05, 0) is 42.8 Å². The van der Waals surface area contributed by atoms with Crippen molar-refractivity contribution in [3.8, 4) is 11.3 Å². The second-order valence-corrected chi connectivity index (χ2v) is 4.73. The van der Waals surface area contributed by atoms with E-state index in [1.54, 1.807) is 18.5 Å². The van der Waals surface area contributed by atoms with Crippen LogP contribution in [0.2, 0.25) is 0 Å². The van der Waals surface area contributed by atoms with Crippen molar-refractivity contribution < 1.29 is 4.79 Å². The minimum Gasteiger partial charge on any atom is -0.321 e. The molecule has 1 aromatic carbocycles. The molecular formula is C16H14N4O. The lowest BCUT2D eigenvalue weighted by atomic mass is 10.2. The molecule has 104 valence electrons. The quantitative estimate of drug-likeness (QED) is 0.773. The van der Waals surface area contributed by atoms with Crippen LogP contribution in [0.15, 0.2) is 54.9 Å². The molecule has 0 aliphatic carbocycles. The van der Waals surface area contributed by atoms with Gasteiger partial charge >= 0.3 is 0 Å². The summed E-state index contributed by atoms with van der Waals surface area (Å²) in [5.41, 5.74) is 3.82. The van der Waals surface area contributed by atoms with Gasteiger partial charge in [0, 0.05) is 23.6 Å². The summed E-state index contributed by atoms with van der Waals surface area (Å²) in [7, 11) is 0. The summed E-state index contributed by atoms with van der Waals surface area (Å²) in [4.78, 5) is 16.2. The third-order valence-electron chi connectivity index (χ3n) is 3.06. The molecule has 3 aromatic rings. The van der Waals surface area contributed by atoms with E-state index in [1.807, 2.05) is 43.3 Å². The van der Waals surface area contributed by atoms with Crippen molar-refractivity contribution in [2.24, 2.45) is 0 Å².